The number of nitrogens with zero attached hydrogens (tertiary/aromatic N) is 2. The Balaban J connectivity index is 0.000000567. The number of aromatic amines is 1. The second-order valence-electron chi connectivity index (χ2n) is 7.58. The third kappa shape index (κ3) is 4.24. The summed E-state index contributed by atoms with van der Waals surface area (Å²) in [6, 6.07) is 20.3. The molecule has 3 aromatic carbocycles. The average molecular weight is 428 g/mol. The fourth-order valence-corrected chi connectivity index (χ4v) is 3.86. The van der Waals surface area contributed by atoms with Crippen LogP contribution < -0.4 is 16.4 Å². The maximum Gasteiger partial charge on any atom is 0.275 e. The number of quaternary nitrogens is 1. The van der Waals surface area contributed by atoms with Crippen LogP contribution in [0.25, 0.3) is 44.0 Å². The SMILES string of the molecule is CC(=O)[O-].[NH3+]CCCn1cc(-c2nc3cc4ccccc4cc3[nH]c2=O)c2ccccc21. The van der Waals surface area contributed by atoms with Gasteiger partial charge in [0.25, 0.3) is 5.56 Å². The Morgan fingerprint density at radius 3 is 2.47 bits per heavy atom. The van der Waals surface area contributed by atoms with Crippen LogP contribution in [-0.2, 0) is 11.3 Å². The molecule has 0 bridgehead atoms. The van der Waals surface area contributed by atoms with E-state index in [1.54, 1.807) is 0 Å². The second kappa shape index (κ2) is 9.03. The highest BCUT2D eigenvalue weighted by atomic mass is 16.4. The largest absolute Gasteiger partial charge is 0.550 e. The van der Waals surface area contributed by atoms with Gasteiger partial charge in [-0.3, -0.25) is 4.79 Å². The molecule has 0 aliphatic carbocycles. The molecular weight excluding hydrogens is 404 g/mol. The number of aliphatic carboxylic acids is 1. The van der Waals surface area contributed by atoms with Crippen molar-refractivity contribution in [2.45, 2.75) is 19.9 Å². The van der Waals surface area contributed by atoms with Gasteiger partial charge in [-0.05, 0) is 35.9 Å². The number of aryl methyl sites for hydroxylation is 1. The lowest BCUT2D eigenvalue weighted by Crippen LogP contribution is -2.50. The number of hydrogen-bond acceptors (Lipinski definition) is 4. The van der Waals surface area contributed by atoms with Crippen molar-refractivity contribution < 1.29 is 15.6 Å². The Kier molecular flexibility index (Phi) is 6.00. The van der Waals surface area contributed by atoms with Crippen LogP contribution in [0.2, 0.25) is 0 Å². The van der Waals surface area contributed by atoms with Crippen molar-refractivity contribution in [2.24, 2.45) is 0 Å². The molecule has 0 aliphatic heterocycles. The Hall–Kier alpha value is -3.97. The lowest BCUT2D eigenvalue weighted by Gasteiger charge is -2.04. The van der Waals surface area contributed by atoms with Crippen molar-refractivity contribution in [1.82, 2.24) is 14.5 Å². The molecule has 162 valence electrons. The van der Waals surface area contributed by atoms with Gasteiger partial charge in [0.05, 0.1) is 17.6 Å². The van der Waals surface area contributed by atoms with E-state index >= 15 is 0 Å². The maximum absolute atomic E-state index is 12.9. The van der Waals surface area contributed by atoms with Crippen LogP contribution in [0.15, 0.2) is 71.7 Å². The number of nitrogens with one attached hydrogen (secondary N) is 1. The van der Waals surface area contributed by atoms with E-state index < -0.39 is 5.97 Å². The highest BCUT2D eigenvalue weighted by Gasteiger charge is 2.15. The highest BCUT2D eigenvalue weighted by Crippen LogP contribution is 2.29. The van der Waals surface area contributed by atoms with Crippen LogP contribution in [0.1, 0.15) is 13.3 Å². The third-order valence-corrected chi connectivity index (χ3v) is 5.25. The molecule has 7 heteroatoms. The number of benzene rings is 3. The van der Waals surface area contributed by atoms with E-state index in [1.165, 1.54) is 0 Å². The first-order valence-corrected chi connectivity index (χ1v) is 10.5. The van der Waals surface area contributed by atoms with E-state index in [-0.39, 0.29) is 5.56 Å². The summed E-state index contributed by atoms with van der Waals surface area (Å²) >= 11 is 0. The predicted molar refractivity (Wildman–Crippen MR) is 124 cm³/mol. The minimum Gasteiger partial charge on any atom is -0.550 e. The van der Waals surface area contributed by atoms with Crippen LogP contribution in [0.4, 0.5) is 0 Å². The van der Waals surface area contributed by atoms with Gasteiger partial charge in [-0.2, -0.15) is 0 Å². The summed E-state index contributed by atoms with van der Waals surface area (Å²) in [6.45, 7) is 2.73. The molecule has 0 saturated carbocycles. The number of rotatable bonds is 4. The van der Waals surface area contributed by atoms with E-state index in [2.05, 4.69) is 33.5 Å². The molecule has 7 nitrogen and oxygen atoms in total. The molecule has 0 unspecified atom stereocenters. The summed E-state index contributed by atoms with van der Waals surface area (Å²) < 4.78 is 2.20. The van der Waals surface area contributed by atoms with Gasteiger partial charge in [0, 0.05) is 41.6 Å². The number of carbonyl (C=O) groups excluding carboxylic acids is 1. The van der Waals surface area contributed by atoms with Crippen molar-refractivity contribution in [2.75, 3.05) is 6.54 Å². The number of carbonyl (C=O) groups is 1. The smallest absolute Gasteiger partial charge is 0.275 e. The van der Waals surface area contributed by atoms with Crippen LogP contribution in [0, 0.1) is 0 Å². The molecule has 0 radical (unpaired) electrons. The number of hydrogen-bond donors (Lipinski definition) is 2. The topological polar surface area (TPSA) is 118 Å². The van der Waals surface area contributed by atoms with Gasteiger partial charge in [0.15, 0.2) is 0 Å². The van der Waals surface area contributed by atoms with Gasteiger partial charge in [-0.1, -0.05) is 42.5 Å². The quantitative estimate of drug-likeness (QED) is 0.426. The average Bonchev–Trinajstić information content (AvgIpc) is 3.14. The first-order valence-electron chi connectivity index (χ1n) is 10.5. The van der Waals surface area contributed by atoms with Crippen molar-refractivity contribution in [1.29, 1.82) is 0 Å². The van der Waals surface area contributed by atoms with Crippen molar-refractivity contribution in [3.05, 3.63) is 77.2 Å². The van der Waals surface area contributed by atoms with E-state index in [0.717, 1.165) is 64.7 Å². The van der Waals surface area contributed by atoms with E-state index in [4.69, 9.17) is 14.9 Å². The summed E-state index contributed by atoms with van der Waals surface area (Å²) in [5.74, 6) is -1.08. The van der Waals surface area contributed by atoms with Crippen LogP contribution >= 0.6 is 0 Å². The van der Waals surface area contributed by atoms with E-state index in [9.17, 15) is 4.79 Å². The minimum atomic E-state index is -1.08. The standard InChI is InChI=1S/C23H20N4O.C2H4O2/c24-10-5-11-27-14-18(17-8-3-4-9-21(17)27)22-23(28)26-20-13-16-7-2-1-6-15(16)12-19(20)25-22;1-2(3)4/h1-4,6-9,12-14H,5,10-11,24H2,(H,26,28);1H3,(H,3,4). The lowest BCUT2D eigenvalue weighted by atomic mass is 10.1. The third-order valence-electron chi connectivity index (χ3n) is 5.25. The van der Waals surface area contributed by atoms with Gasteiger partial charge >= 0.3 is 0 Å². The van der Waals surface area contributed by atoms with Gasteiger partial charge in [-0.15, -0.1) is 0 Å². The molecule has 5 rings (SSSR count). The number of H-pyrrole nitrogens is 1. The first-order chi connectivity index (χ1) is 15.5. The molecule has 0 spiro atoms. The van der Waals surface area contributed by atoms with Gasteiger partial charge in [-0.25, -0.2) is 4.98 Å². The van der Waals surface area contributed by atoms with Gasteiger partial charge in [0.1, 0.15) is 5.69 Å². The van der Waals surface area contributed by atoms with Crippen LogP contribution in [0.5, 0.6) is 0 Å². The zero-order valence-corrected chi connectivity index (χ0v) is 17.8. The summed E-state index contributed by atoms with van der Waals surface area (Å²) in [5.41, 5.74) is 7.78. The van der Waals surface area contributed by atoms with E-state index in [1.807, 2.05) is 48.7 Å². The van der Waals surface area contributed by atoms with Crippen LogP contribution in [0.3, 0.4) is 0 Å². The van der Waals surface area contributed by atoms with Crippen molar-refractivity contribution in [3.8, 4) is 11.3 Å². The fraction of sp³-hybridized carbons (Fsp3) is 0.160. The van der Waals surface area contributed by atoms with Gasteiger partial charge in [0.2, 0.25) is 0 Å². The normalized spacial score (nSPS) is 10.9. The summed E-state index contributed by atoms with van der Waals surface area (Å²) in [6.07, 6.45) is 3.04. The Bertz CT molecular complexity index is 1480. The fourth-order valence-electron chi connectivity index (χ4n) is 3.86. The monoisotopic (exact) mass is 428 g/mol. The number of fused-ring (bicyclic) bond motifs is 3. The Morgan fingerprint density at radius 2 is 1.75 bits per heavy atom. The molecule has 0 fully saturated rings. The summed E-state index contributed by atoms with van der Waals surface area (Å²) in [4.78, 5) is 29.6. The molecule has 4 N–H and O–H groups in total. The van der Waals surface area contributed by atoms with Crippen molar-refractivity contribution >= 4 is 38.7 Å². The molecule has 5 aromatic rings. The van der Waals surface area contributed by atoms with Gasteiger partial charge < -0.3 is 25.2 Å². The second-order valence-corrected chi connectivity index (χ2v) is 7.58. The molecular formula is C25H24N4O3. The maximum atomic E-state index is 12.9. The molecule has 0 amide bonds. The number of aromatic nitrogens is 3. The highest BCUT2D eigenvalue weighted by molar-refractivity contribution is 5.98. The number of carboxylic acids is 1. The van der Waals surface area contributed by atoms with E-state index in [0.29, 0.717) is 5.69 Å². The molecule has 0 aliphatic rings. The molecule has 32 heavy (non-hydrogen) atoms. The summed E-state index contributed by atoms with van der Waals surface area (Å²) in [7, 11) is 0. The Labute approximate surface area is 184 Å². The Morgan fingerprint density at radius 1 is 1.09 bits per heavy atom. The molecule has 0 saturated heterocycles. The number of carboxylic acid groups (broad SMARTS) is 1. The molecule has 0 atom stereocenters. The zero-order valence-electron chi connectivity index (χ0n) is 17.8. The minimum absolute atomic E-state index is 0.164. The predicted octanol–water partition coefficient (Wildman–Crippen LogP) is 2.09. The molecule has 2 heterocycles. The van der Waals surface area contributed by atoms with Crippen molar-refractivity contribution in [3.63, 3.8) is 0 Å². The summed E-state index contributed by atoms with van der Waals surface area (Å²) in [5, 5.41) is 12.1. The zero-order chi connectivity index (χ0) is 22.7. The van der Waals surface area contributed by atoms with Crippen LogP contribution in [-0.4, -0.2) is 27.0 Å². The lowest BCUT2D eigenvalue weighted by molar-refractivity contribution is -0.368. The first kappa shape index (κ1) is 21.3. The molecule has 2 aromatic heterocycles. The number of para-hydroxylation sites is 1.